The molecule has 4 rings (SSSR count). The number of nitriles is 1. The Morgan fingerprint density at radius 2 is 1.75 bits per heavy atom. The Kier molecular flexibility index (Phi) is 4.15. The molecule has 3 fully saturated rings. The third-order valence-electron chi connectivity index (χ3n) is 5.57. The van der Waals surface area contributed by atoms with Crippen LogP contribution in [0.1, 0.15) is 54.4 Å². The molecule has 0 unspecified atom stereocenters. The first kappa shape index (κ1) is 17.3. The summed E-state index contributed by atoms with van der Waals surface area (Å²) in [5, 5.41) is 11.9. The lowest BCUT2D eigenvalue weighted by Crippen LogP contribution is -2.59. The Bertz CT molecular complexity index is 699. The second-order valence-corrected chi connectivity index (χ2v) is 7.67. The number of amides is 1. The molecule has 3 saturated carbocycles. The fourth-order valence-corrected chi connectivity index (χ4v) is 4.30. The molecule has 3 nitrogen and oxygen atoms in total. The molecule has 0 saturated heterocycles. The van der Waals surface area contributed by atoms with Crippen LogP contribution in [0.15, 0.2) is 22.7 Å². The SMILES string of the molecule is N#Cc1ccc(Br)c(C(=O)NC23CCC(C(F)(F)F)(CC2)CC3)c1. The molecular weight excluding hydrogens is 385 g/mol. The summed E-state index contributed by atoms with van der Waals surface area (Å²) in [5.74, 6) is -0.347. The summed E-state index contributed by atoms with van der Waals surface area (Å²) in [4.78, 5) is 12.6. The van der Waals surface area contributed by atoms with Gasteiger partial charge in [-0.3, -0.25) is 4.79 Å². The monoisotopic (exact) mass is 400 g/mol. The minimum absolute atomic E-state index is 0.0657. The first-order valence-corrected chi connectivity index (χ1v) is 8.59. The second-order valence-electron chi connectivity index (χ2n) is 6.82. The van der Waals surface area contributed by atoms with Gasteiger partial charge in [-0.15, -0.1) is 0 Å². The molecular formula is C17H16BrF3N2O. The van der Waals surface area contributed by atoms with Crippen molar-refractivity contribution < 1.29 is 18.0 Å². The molecule has 0 atom stereocenters. The Balaban J connectivity index is 1.77. The predicted octanol–water partition coefficient (Wildman–Crippen LogP) is 4.71. The number of benzene rings is 1. The smallest absolute Gasteiger partial charge is 0.347 e. The Labute approximate surface area is 146 Å². The zero-order chi connectivity index (χ0) is 17.6. The van der Waals surface area contributed by atoms with Gasteiger partial charge in [0.1, 0.15) is 0 Å². The molecule has 1 amide bonds. The van der Waals surface area contributed by atoms with Gasteiger partial charge < -0.3 is 5.32 Å². The van der Waals surface area contributed by atoms with Crippen LogP contribution in [0.5, 0.6) is 0 Å². The van der Waals surface area contributed by atoms with Gasteiger partial charge in [0.15, 0.2) is 0 Å². The van der Waals surface area contributed by atoms with Gasteiger partial charge in [0.05, 0.1) is 22.6 Å². The van der Waals surface area contributed by atoms with Gasteiger partial charge in [0.25, 0.3) is 5.91 Å². The number of hydrogen-bond donors (Lipinski definition) is 1. The lowest BCUT2D eigenvalue weighted by atomic mass is 9.57. The van der Waals surface area contributed by atoms with E-state index in [4.69, 9.17) is 5.26 Å². The van der Waals surface area contributed by atoms with E-state index in [1.165, 1.54) is 6.07 Å². The molecule has 0 aliphatic heterocycles. The fraction of sp³-hybridized carbons (Fsp3) is 0.529. The van der Waals surface area contributed by atoms with Crippen LogP contribution in [0.25, 0.3) is 0 Å². The number of nitrogens with one attached hydrogen (secondary N) is 1. The number of nitrogens with zero attached hydrogens (tertiary/aromatic N) is 1. The minimum Gasteiger partial charge on any atom is -0.347 e. The highest BCUT2D eigenvalue weighted by Gasteiger charge is 2.61. The van der Waals surface area contributed by atoms with Crippen molar-refractivity contribution in [3.8, 4) is 6.07 Å². The summed E-state index contributed by atoms with van der Waals surface area (Å²) >= 11 is 3.29. The number of halogens is 4. The van der Waals surface area contributed by atoms with E-state index in [2.05, 4.69) is 21.2 Å². The fourth-order valence-electron chi connectivity index (χ4n) is 3.88. The predicted molar refractivity (Wildman–Crippen MR) is 85.2 cm³/mol. The van der Waals surface area contributed by atoms with Crippen LogP contribution in [-0.4, -0.2) is 17.6 Å². The summed E-state index contributed by atoms with van der Waals surface area (Å²) < 4.78 is 40.4. The van der Waals surface area contributed by atoms with Crippen LogP contribution in [0.2, 0.25) is 0 Å². The van der Waals surface area contributed by atoms with Crippen molar-refractivity contribution in [3.63, 3.8) is 0 Å². The molecule has 0 spiro atoms. The highest BCUT2D eigenvalue weighted by Crippen LogP contribution is 2.59. The molecule has 0 heterocycles. The topological polar surface area (TPSA) is 52.9 Å². The number of alkyl halides is 3. The van der Waals surface area contributed by atoms with Crippen LogP contribution in [-0.2, 0) is 0 Å². The zero-order valence-corrected chi connectivity index (χ0v) is 14.4. The van der Waals surface area contributed by atoms with Gasteiger partial charge in [-0.05, 0) is 72.7 Å². The van der Waals surface area contributed by atoms with E-state index in [0.29, 0.717) is 34.9 Å². The maximum atomic E-state index is 13.3. The van der Waals surface area contributed by atoms with Crippen molar-refractivity contribution in [1.82, 2.24) is 5.32 Å². The van der Waals surface area contributed by atoms with E-state index in [1.54, 1.807) is 12.1 Å². The molecule has 128 valence electrons. The van der Waals surface area contributed by atoms with Crippen LogP contribution >= 0.6 is 15.9 Å². The highest BCUT2D eigenvalue weighted by molar-refractivity contribution is 9.10. The normalized spacial score (nSPS) is 29.1. The largest absolute Gasteiger partial charge is 0.394 e. The van der Waals surface area contributed by atoms with E-state index < -0.39 is 17.1 Å². The first-order valence-electron chi connectivity index (χ1n) is 7.79. The van der Waals surface area contributed by atoms with Crippen molar-refractivity contribution in [2.24, 2.45) is 5.41 Å². The average molecular weight is 401 g/mol. The van der Waals surface area contributed by atoms with Crippen molar-refractivity contribution in [2.75, 3.05) is 0 Å². The van der Waals surface area contributed by atoms with Crippen LogP contribution < -0.4 is 5.32 Å². The van der Waals surface area contributed by atoms with Crippen molar-refractivity contribution in [1.29, 1.82) is 5.26 Å². The standard InChI is InChI=1S/C17H16BrF3N2O/c18-13-2-1-11(10-22)9-12(13)14(24)23-16-6-3-15(4-7-16,5-8-16)17(19,20)21/h1-2,9H,3-8H2,(H,23,24). The number of carbonyl (C=O) groups excluding carboxylic acids is 1. The summed E-state index contributed by atoms with van der Waals surface area (Å²) in [6.45, 7) is 0. The maximum absolute atomic E-state index is 13.3. The molecule has 1 aromatic carbocycles. The van der Waals surface area contributed by atoms with Crippen molar-refractivity contribution in [2.45, 2.75) is 50.2 Å². The summed E-state index contributed by atoms with van der Waals surface area (Å²) in [5.41, 5.74) is -1.43. The molecule has 3 aliphatic rings. The lowest BCUT2D eigenvalue weighted by Gasteiger charge is -2.53. The van der Waals surface area contributed by atoms with E-state index in [1.807, 2.05) is 6.07 Å². The lowest BCUT2D eigenvalue weighted by molar-refractivity contribution is -0.253. The third-order valence-corrected chi connectivity index (χ3v) is 6.26. The molecule has 0 radical (unpaired) electrons. The number of fused-ring (bicyclic) bond motifs is 3. The van der Waals surface area contributed by atoms with Gasteiger partial charge in [0, 0.05) is 10.0 Å². The minimum atomic E-state index is -4.17. The molecule has 1 aromatic rings. The molecule has 2 bridgehead atoms. The quantitative estimate of drug-likeness (QED) is 0.781. The van der Waals surface area contributed by atoms with Crippen LogP contribution in [0, 0.1) is 16.7 Å². The van der Waals surface area contributed by atoms with Gasteiger partial charge in [-0.1, -0.05) is 0 Å². The van der Waals surface area contributed by atoms with E-state index >= 15 is 0 Å². The Morgan fingerprint density at radius 1 is 1.17 bits per heavy atom. The summed E-state index contributed by atoms with van der Waals surface area (Å²) in [6.07, 6.45) is -2.95. The van der Waals surface area contributed by atoms with Gasteiger partial charge >= 0.3 is 6.18 Å². The number of hydrogen-bond acceptors (Lipinski definition) is 2. The van der Waals surface area contributed by atoms with Crippen LogP contribution in [0.4, 0.5) is 13.2 Å². The second kappa shape index (κ2) is 5.76. The molecule has 3 aliphatic carbocycles. The highest BCUT2D eigenvalue weighted by atomic mass is 79.9. The van der Waals surface area contributed by atoms with Crippen LogP contribution in [0.3, 0.4) is 0 Å². The number of carbonyl (C=O) groups is 1. The first-order chi connectivity index (χ1) is 11.2. The Hall–Kier alpha value is -1.55. The summed E-state index contributed by atoms with van der Waals surface area (Å²) in [7, 11) is 0. The third kappa shape index (κ3) is 2.81. The number of rotatable bonds is 2. The summed E-state index contributed by atoms with van der Waals surface area (Å²) in [6, 6.07) is 6.69. The van der Waals surface area contributed by atoms with Gasteiger partial charge in [-0.2, -0.15) is 18.4 Å². The molecule has 1 N–H and O–H groups in total. The molecule has 7 heteroatoms. The van der Waals surface area contributed by atoms with Crippen molar-refractivity contribution >= 4 is 21.8 Å². The molecule has 0 aromatic heterocycles. The zero-order valence-electron chi connectivity index (χ0n) is 12.8. The van der Waals surface area contributed by atoms with Gasteiger partial charge in [-0.25, -0.2) is 0 Å². The van der Waals surface area contributed by atoms with E-state index in [9.17, 15) is 18.0 Å². The average Bonchev–Trinajstić information content (AvgIpc) is 2.55. The molecule has 24 heavy (non-hydrogen) atoms. The van der Waals surface area contributed by atoms with Crippen molar-refractivity contribution in [3.05, 3.63) is 33.8 Å². The van der Waals surface area contributed by atoms with Gasteiger partial charge in [0.2, 0.25) is 0 Å². The van der Waals surface area contributed by atoms with E-state index in [-0.39, 0.29) is 25.2 Å². The van der Waals surface area contributed by atoms with E-state index in [0.717, 1.165) is 0 Å². The maximum Gasteiger partial charge on any atom is 0.394 e. The Morgan fingerprint density at radius 3 is 2.25 bits per heavy atom.